The maximum atomic E-state index is 11.4. The van der Waals surface area contributed by atoms with Crippen LogP contribution < -0.4 is 10.6 Å². The molecule has 1 heterocycles. The lowest BCUT2D eigenvalue weighted by atomic mass is 10.2. The Morgan fingerprint density at radius 3 is 2.85 bits per heavy atom. The molecule has 5 heteroatoms. The molecular formula is C15H11N3OS. The first kappa shape index (κ1) is 12.6. The minimum atomic E-state index is -0.290. The van der Waals surface area contributed by atoms with Crippen molar-refractivity contribution in [3.05, 3.63) is 42.5 Å². The molecule has 0 saturated heterocycles. The van der Waals surface area contributed by atoms with E-state index in [1.54, 1.807) is 11.8 Å². The average molecular weight is 281 g/mol. The van der Waals surface area contributed by atoms with E-state index in [1.807, 2.05) is 42.5 Å². The molecule has 3 rings (SSSR count). The van der Waals surface area contributed by atoms with Crippen molar-refractivity contribution in [3.63, 3.8) is 0 Å². The Morgan fingerprint density at radius 1 is 1.20 bits per heavy atom. The maximum Gasteiger partial charge on any atom is 0.238 e. The van der Waals surface area contributed by atoms with Crippen molar-refractivity contribution in [3.8, 4) is 6.07 Å². The molecule has 98 valence electrons. The highest BCUT2D eigenvalue weighted by molar-refractivity contribution is 7.99. The molecule has 0 aromatic heterocycles. The SMILES string of the molecule is N#CCC(=O)Nc1ccc2c(c1)Sc1ccccc1N2. The number of amides is 1. The van der Waals surface area contributed by atoms with E-state index in [-0.39, 0.29) is 12.3 Å². The molecule has 4 nitrogen and oxygen atoms in total. The van der Waals surface area contributed by atoms with E-state index in [0.717, 1.165) is 21.2 Å². The predicted octanol–water partition coefficient (Wildman–Crippen LogP) is 3.75. The van der Waals surface area contributed by atoms with Gasteiger partial charge in [-0.25, -0.2) is 0 Å². The number of nitrogens with zero attached hydrogens (tertiary/aromatic N) is 1. The molecule has 2 N–H and O–H groups in total. The van der Waals surface area contributed by atoms with Gasteiger partial charge in [-0.3, -0.25) is 4.79 Å². The van der Waals surface area contributed by atoms with Crippen molar-refractivity contribution in [2.45, 2.75) is 16.2 Å². The van der Waals surface area contributed by atoms with Gasteiger partial charge in [-0.2, -0.15) is 5.26 Å². The van der Waals surface area contributed by atoms with E-state index < -0.39 is 0 Å². The molecule has 1 amide bonds. The fourth-order valence-electron chi connectivity index (χ4n) is 1.99. The third kappa shape index (κ3) is 2.46. The van der Waals surface area contributed by atoms with Crippen LogP contribution in [0.15, 0.2) is 52.3 Å². The van der Waals surface area contributed by atoms with Gasteiger partial charge in [0.15, 0.2) is 0 Å². The molecule has 1 aliphatic heterocycles. The molecular weight excluding hydrogens is 270 g/mol. The van der Waals surface area contributed by atoms with Crippen molar-refractivity contribution in [2.24, 2.45) is 0 Å². The van der Waals surface area contributed by atoms with Crippen molar-refractivity contribution < 1.29 is 4.79 Å². The number of hydrogen-bond acceptors (Lipinski definition) is 4. The summed E-state index contributed by atoms with van der Waals surface area (Å²) in [7, 11) is 0. The number of benzene rings is 2. The number of hydrogen-bond donors (Lipinski definition) is 2. The summed E-state index contributed by atoms with van der Waals surface area (Å²) in [4.78, 5) is 13.6. The van der Waals surface area contributed by atoms with Crippen LogP contribution in [0, 0.1) is 11.3 Å². The summed E-state index contributed by atoms with van der Waals surface area (Å²) in [5.74, 6) is -0.290. The smallest absolute Gasteiger partial charge is 0.238 e. The van der Waals surface area contributed by atoms with Gasteiger partial charge in [-0.15, -0.1) is 0 Å². The van der Waals surface area contributed by atoms with Crippen LogP contribution in [-0.4, -0.2) is 5.91 Å². The summed E-state index contributed by atoms with van der Waals surface area (Å²) in [5, 5.41) is 14.6. The van der Waals surface area contributed by atoms with Crippen molar-refractivity contribution in [1.82, 2.24) is 0 Å². The molecule has 0 saturated carbocycles. The molecule has 0 radical (unpaired) electrons. The molecule has 0 spiro atoms. The topological polar surface area (TPSA) is 64.9 Å². The minimum Gasteiger partial charge on any atom is -0.354 e. The number of anilines is 3. The summed E-state index contributed by atoms with van der Waals surface area (Å²) >= 11 is 1.66. The zero-order valence-electron chi connectivity index (χ0n) is 10.5. The molecule has 2 aromatic rings. The van der Waals surface area contributed by atoms with Crippen LogP contribution in [0.3, 0.4) is 0 Å². The Balaban J connectivity index is 1.85. The number of carbonyl (C=O) groups excluding carboxylic acids is 1. The minimum absolute atomic E-state index is 0.134. The van der Waals surface area contributed by atoms with Gasteiger partial charge < -0.3 is 10.6 Å². The quantitative estimate of drug-likeness (QED) is 0.751. The third-order valence-electron chi connectivity index (χ3n) is 2.88. The number of para-hydroxylation sites is 1. The lowest BCUT2D eigenvalue weighted by molar-refractivity contribution is -0.115. The Morgan fingerprint density at radius 2 is 2.00 bits per heavy atom. The van der Waals surface area contributed by atoms with Crippen molar-refractivity contribution in [1.29, 1.82) is 5.26 Å². The number of nitriles is 1. The van der Waals surface area contributed by atoms with Crippen LogP contribution in [0.4, 0.5) is 17.1 Å². The fourth-order valence-corrected chi connectivity index (χ4v) is 3.01. The van der Waals surface area contributed by atoms with Gasteiger partial charge in [0.2, 0.25) is 5.91 Å². The molecule has 0 unspecified atom stereocenters. The zero-order valence-corrected chi connectivity index (χ0v) is 11.3. The summed E-state index contributed by atoms with van der Waals surface area (Å²) in [6.07, 6.45) is -0.134. The van der Waals surface area contributed by atoms with E-state index in [0.29, 0.717) is 5.69 Å². The lowest BCUT2D eigenvalue weighted by Gasteiger charge is -2.21. The molecule has 1 aliphatic rings. The summed E-state index contributed by atoms with van der Waals surface area (Å²) in [6.45, 7) is 0. The van der Waals surface area contributed by atoms with Gasteiger partial charge in [-0.05, 0) is 30.3 Å². The molecule has 2 aromatic carbocycles. The van der Waals surface area contributed by atoms with Gasteiger partial charge in [-0.1, -0.05) is 23.9 Å². The first-order valence-electron chi connectivity index (χ1n) is 6.11. The van der Waals surface area contributed by atoms with Crippen molar-refractivity contribution in [2.75, 3.05) is 10.6 Å². The number of rotatable bonds is 2. The second-order valence-corrected chi connectivity index (χ2v) is 5.40. The van der Waals surface area contributed by atoms with E-state index in [4.69, 9.17) is 5.26 Å². The number of nitrogens with one attached hydrogen (secondary N) is 2. The highest BCUT2D eigenvalue weighted by atomic mass is 32.2. The molecule has 20 heavy (non-hydrogen) atoms. The standard InChI is InChI=1S/C15H11N3OS/c16-8-7-15(19)17-10-5-6-12-14(9-10)20-13-4-2-1-3-11(13)18-12/h1-6,9,18H,7H2,(H,17,19). The first-order chi connectivity index (χ1) is 9.76. The molecule has 0 atom stereocenters. The van der Waals surface area contributed by atoms with E-state index in [9.17, 15) is 4.79 Å². The summed E-state index contributed by atoms with van der Waals surface area (Å²) in [6, 6.07) is 15.6. The van der Waals surface area contributed by atoms with Crippen LogP contribution in [-0.2, 0) is 4.79 Å². The molecule has 0 fully saturated rings. The average Bonchev–Trinajstić information content (AvgIpc) is 2.45. The van der Waals surface area contributed by atoms with E-state index in [2.05, 4.69) is 16.7 Å². The third-order valence-corrected chi connectivity index (χ3v) is 4.01. The first-order valence-corrected chi connectivity index (χ1v) is 6.92. The Hall–Kier alpha value is -2.45. The van der Waals surface area contributed by atoms with Gasteiger partial charge in [0.05, 0.1) is 17.4 Å². The Kier molecular flexibility index (Phi) is 3.32. The predicted molar refractivity (Wildman–Crippen MR) is 79.1 cm³/mol. The second-order valence-electron chi connectivity index (χ2n) is 4.32. The maximum absolute atomic E-state index is 11.4. The van der Waals surface area contributed by atoms with Gasteiger partial charge in [0.1, 0.15) is 6.42 Å². The van der Waals surface area contributed by atoms with E-state index in [1.165, 1.54) is 0 Å². The highest BCUT2D eigenvalue weighted by Gasteiger charge is 2.15. The molecule has 0 aliphatic carbocycles. The summed E-state index contributed by atoms with van der Waals surface area (Å²) in [5.41, 5.74) is 2.82. The Labute approximate surface area is 120 Å². The second kappa shape index (κ2) is 5.27. The van der Waals surface area contributed by atoms with E-state index >= 15 is 0 Å². The molecule has 0 bridgehead atoms. The van der Waals surface area contributed by atoms with Gasteiger partial charge >= 0.3 is 0 Å². The Bertz CT molecular complexity index is 721. The zero-order chi connectivity index (χ0) is 13.9. The van der Waals surface area contributed by atoms with Gasteiger partial charge in [0, 0.05) is 15.5 Å². The fraction of sp³-hybridized carbons (Fsp3) is 0.0667. The van der Waals surface area contributed by atoms with Crippen molar-refractivity contribution >= 4 is 34.7 Å². The normalized spacial score (nSPS) is 11.6. The number of fused-ring (bicyclic) bond motifs is 2. The lowest BCUT2D eigenvalue weighted by Crippen LogP contribution is -2.10. The van der Waals surface area contributed by atoms with Gasteiger partial charge in [0.25, 0.3) is 0 Å². The van der Waals surface area contributed by atoms with Crippen LogP contribution in [0.1, 0.15) is 6.42 Å². The summed E-state index contributed by atoms with van der Waals surface area (Å²) < 4.78 is 0. The van der Waals surface area contributed by atoms with Crippen LogP contribution >= 0.6 is 11.8 Å². The number of carbonyl (C=O) groups is 1. The monoisotopic (exact) mass is 281 g/mol. The highest BCUT2D eigenvalue weighted by Crippen LogP contribution is 2.44. The van der Waals surface area contributed by atoms with Crippen LogP contribution in [0.2, 0.25) is 0 Å². The largest absolute Gasteiger partial charge is 0.354 e. The van der Waals surface area contributed by atoms with Crippen LogP contribution in [0.5, 0.6) is 0 Å². The van der Waals surface area contributed by atoms with Crippen LogP contribution in [0.25, 0.3) is 0 Å².